The van der Waals surface area contributed by atoms with E-state index in [1.54, 1.807) is 24.3 Å². The number of fused-ring (bicyclic) bond motifs is 1. The monoisotopic (exact) mass is 310 g/mol. The summed E-state index contributed by atoms with van der Waals surface area (Å²) in [5.41, 5.74) is 6.99. The van der Waals surface area contributed by atoms with Crippen LogP contribution in [-0.2, 0) is 23.1 Å². The Morgan fingerprint density at radius 2 is 1.62 bits per heavy atom. The molecule has 0 bridgehead atoms. The van der Waals surface area contributed by atoms with E-state index in [9.17, 15) is 17.2 Å². The van der Waals surface area contributed by atoms with E-state index in [1.165, 1.54) is 0 Å². The molecule has 0 radical (unpaired) electrons. The molecule has 0 aliphatic carbocycles. The number of hydrogen-bond acceptors (Lipinski definition) is 3. The highest BCUT2D eigenvalue weighted by Crippen LogP contribution is 2.31. The maximum absolute atomic E-state index is 13.8. The van der Waals surface area contributed by atoms with Gasteiger partial charge in [0.2, 0.25) is 10.0 Å². The van der Waals surface area contributed by atoms with Crippen LogP contribution >= 0.6 is 0 Å². The minimum Gasteiger partial charge on any atom is -0.399 e. The first-order chi connectivity index (χ1) is 9.89. The third-order valence-electron chi connectivity index (χ3n) is 3.45. The van der Waals surface area contributed by atoms with E-state index in [1.807, 2.05) is 0 Å². The summed E-state index contributed by atoms with van der Waals surface area (Å²) in [5.74, 6) is -2.68. The van der Waals surface area contributed by atoms with Gasteiger partial charge < -0.3 is 5.73 Å². The van der Waals surface area contributed by atoms with Crippen molar-refractivity contribution in [3.8, 4) is 0 Å². The molecule has 3 rings (SSSR count). The van der Waals surface area contributed by atoms with Gasteiger partial charge in [0, 0.05) is 18.8 Å². The Bertz CT molecular complexity index is 797. The molecule has 1 aliphatic rings. The van der Waals surface area contributed by atoms with Gasteiger partial charge in [-0.2, -0.15) is 4.31 Å². The third kappa shape index (κ3) is 2.28. The van der Waals surface area contributed by atoms with Crippen LogP contribution in [0, 0.1) is 11.6 Å². The normalized spacial score (nSPS) is 15.1. The number of benzene rings is 2. The summed E-state index contributed by atoms with van der Waals surface area (Å²) in [6.45, 7) is 0.267. The summed E-state index contributed by atoms with van der Waals surface area (Å²) in [7, 11) is -4.14. The van der Waals surface area contributed by atoms with Crippen LogP contribution in [0.1, 0.15) is 11.1 Å². The summed E-state index contributed by atoms with van der Waals surface area (Å²) in [5, 5.41) is 0. The number of rotatable bonds is 2. The zero-order valence-corrected chi connectivity index (χ0v) is 11.7. The molecule has 110 valence electrons. The second-order valence-electron chi connectivity index (χ2n) is 4.86. The van der Waals surface area contributed by atoms with E-state index in [4.69, 9.17) is 5.73 Å². The molecule has 0 saturated heterocycles. The molecule has 0 saturated carbocycles. The number of halogens is 2. The van der Waals surface area contributed by atoms with E-state index in [2.05, 4.69) is 0 Å². The molecule has 2 N–H and O–H groups in total. The quantitative estimate of drug-likeness (QED) is 0.865. The number of anilines is 1. The molecule has 0 amide bonds. The predicted molar refractivity (Wildman–Crippen MR) is 73.6 cm³/mol. The molecular weight excluding hydrogens is 298 g/mol. The first-order valence-electron chi connectivity index (χ1n) is 6.21. The average Bonchev–Trinajstić information content (AvgIpc) is 2.87. The summed E-state index contributed by atoms with van der Waals surface area (Å²) < 4.78 is 53.3. The number of nitrogens with zero attached hydrogens (tertiary/aromatic N) is 1. The highest BCUT2D eigenvalue weighted by Gasteiger charge is 2.33. The predicted octanol–water partition coefficient (Wildman–Crippen LogP) is 2.25. The Morgan fingerprint density at radius 3 is 2.19 bits per heavy atom. The molecule has 1 heterocycles. The third-order valence-corrected chi connectivity index (χ3v) is 5.24. The summed E-state index contributed by atoms with van der Waals surface area (Å²) in [4.78, 5) is -0.729. The van der Waals surface area contributed by atoms with Crippen LogP contribution in [0.3, 0.4) is 0 Å². The van der Waals surface area contributed by atoms with Crippen LogP contribution in [0.25, 0.3) is 0 Å². The fourth-order valence-corrected chi connectivity index (χ4v) is 3.89. The molecule has 4 nitrogen and oxygen atoms in total. The lowest BCUT2D eigenvalue weighted by Crippen LogP contribution is -2.27. The van der Waals surface area contributed by atoms with Gasteiger partial charge >= 0.3 is 0 Å². The smallest absolute Gasteiger partial charge is 0.246 e. The number of hydrogen-bond donors (Lipinski definition) is 1. The number of nitrogens with two attached hydrogens (primary N) is 1. The van der Waals surface area contributed by atoms with Crippen LogP contribution in [0.2, 0.25) is 0 Å². The van der Waals surface area contributed by atoms with E-state index in [0.717, 1.165) is 27.6 Å². The summed E-state index contributed by atoms with van der Waals surface area (Å²) in [6.07, 6.45) is 0. The van der Waals surface area contributed by atoms with Gasteiger partial charge in [-0.15, -0.1) is 0 Å². The van der Waals surface area contributed by atoms with Gasteiger partial charge in [0.15, 0.2) is 11.6 Å². The van der Waals surface area contributed by atoms with Crippen molar-refractivity contribution >= 4 is 15.7 Å². The first-order valence-corrected chi connectivity index (χ1v) is 7.65. The van der Waals surface area contributed by atoms with Crippen LogP contribution in [0.15, 0.2) is 41.3 Å². The Kier molecular flexibility index (Phi) is 3.18. The molecule has 21 heavy (non-hydrogen) atoms. The molecule has 2 aromatic carbocycles. The van der Waals surface area contributed by atoms with E-state index in [0.29, 0.717) is 0 Å². The Labute approximate surface area is 120 Å². The maximum Gasteiger partial charge on any atom is 0.246 e. The standard InChI is InChI=1S/C14H12F2N2O2S/c15-12-5-11(17)6-13(14(12)16)21(19,20)18-7-9-3-1-2-4-10(9)8-18/h1-6H,7-8,17H2. The minimum atomic E-state index is -4.14. The second kappa shape index (κ2) is 4.78. The van der Waals surface area contributed by atoms with Crippen LogP contribution < -0.4 is 5.73 Å². The van der Waals surface area contributed by atoms with Gasteiger partial charge in [0.1, 0.15) is 4.90 Å². The molecular formula is C14H12F2N2O2S. The lowest BCUT2D eigenvalue weighted by molar-refractivity contribution is 0.421. The number of sulfonamides is 1. The van der Waals surface area contributed by atoms with Crippen molar-refractivity contribution in [2.24, 2.45) is 0 Å². The second-order valence-corrected chi connectivity index (χ2v) is 6.76. The van der Waals surface area contributed by atoms with Gasteiger partial charge in [-0.25, -0.2) is 17.2 Å². The largest absolute Gasteiger partial charge is 0.399 e. The summed E-state index contributed by atoms with van der Waals surface area (Å²) in [6, 6.07) is 8.91. The minimum absolute atomic E-state index is 0.133. The zero-order chi connectivity index (χ0) is 15.2. The molecule has 1 aliphatic heterocycles. The highest BCUT2D eigenvalue weighted by molar-refractivity contribution is 7.89. The van der Waals surface area contributed by atoms with Crippen LogP contribution in [0.4, 0.5) is 14.5 Å². The number of nitrogen functional groups attached to an aromatic ring is 1. The van der Waals surface area contributed by atoms with Gasteiger partial charge in [-0.1, -0.05) is 24.3 Å². The van der Waals surface area contributed by atoms with Crippen molar-refractivity contribution in [1.82, 2.24) is 4.31 Å². The highest BCUT2D eigenvalue weighted by atomic mass is 32.2. The Hall–Kier alpha value is -1.99. The lowest BCUT2D eigenvalue weighted by atomic mass is 10.1. The maximum atomic E-state index is 13.8. The van der Waals surface area contributed by atoms with Gasteiger partial charge in [-0.05, 0) is 23.3 Å². The summed E-state index contributed by atoms with van der Waals surface area (Å²) >= 11 is 0. The Morgan fingerprint density at radius 1 is 1.05 bits per heavy atom. The van der Waals surface area contributed by atoms with Crippen molar-refractivity contribution < 1.29 is 17.2 Å². The molecule has 2 aromatic rings. The fourth-order valence-electron chi connectivity index (χ4n) is 2.38. The van der Waals surface area contributed by atoms with Gasteiger partial charge in [0.05, 0.1) is 0 Å². The van der Waals surface area contributed by atoms with Crippen molar-refractivity contribution in [2.45, 2.75) is 18.0 Å². The average molecular weight is 310 g/mol. The molecule has 0 aromatic heterocycles. The molecule has 0 spiro atoms. The Balaban J connectivity index is 2.04. The molecule has 7 heteroatoms. The molecule has 0 fully saturated rings. The van der Waals surface area contributed by atoms with E-state index >= 15 is 0 Å². The first kappa shape index (κ1) is 14.0. The van der Waals surface area contributed by atoms with Gasteiger partial charge in [0.25, 0.3) is 0 Å². The fraction of sp³-hybridized carbons (Fsp3) is 0.143. The topological polar surface area (TPSA) is 63.4 Å². The lowest BCUT2D eigenvalue weighted by Gasteiger charge is -2.16. The SMILES string of the molecule is Nc1cc(F)c(F)c(S(=O)(=O)N2Cc3ccccc3C2)c1. The van der Waals surface area contributed by atoms with Crippen LogP contribution in [-0.4, -0.2) is 12.7 Å². The van der Waals surface area contributed by atoms with E-state index < -0.39 is 26.6 Å². The van der Waals surface area contributed by atoms with Gasteiger partial charge in [-0.3, -0.25) is 0 Å². The van der Waals surface area contributed by atoms with E-state index in [-0.39, 0.29) is 18.8 Å². The molecule has 0 unspecified atom stereocenters. The van der Waals surface area contributed by atoms with Crippen molar-refractivity contribution in [2.75, 3.05) is 5.73 Å². The zero-order valence-electron chi connectivity index (χ0n) is 10.9. The van der Waals surface area contributed by atoms with Crippen LogP contribution in [0.5, 0.6) is 0 Å². The van der Waals surface area contributed by atoms with Crippen molar-refractivity contribution in [3.63, 3.8) is 0 Å². The van der Waals surface area contributed by atoms with Crippen molar-refractivity contribution in [3.05, 3.63) is 59.2 Å². The van der Waals surface area contributed by atoms with Crippen molar-refractivity contribution in [1.29, 1.82) is 0 Å². The molecule has 0 atom stereocenters.